The normalized spacial score (nSPS) is 13.1. The SMILES string of the molecule is O=C1COc2ccc(NCCc3ccccc3)cc2N1. The molecule has 0 spiro atoms. The maximum Gasteiger partial charge on any atom is 0.262 e. The van der Waals surface area contributed by atoms with E-state index in [1.54, 1.807) is 0 Å². The zero-order chi connectivity index (χ0) is 13.8. The molecule has 3 rings (SSSR count). The highest BCUT2D eigenvalue weighted by molar-refractivity contribution is 5.96. The Hall–Kier alpha value is -2.49. The molecule has 0 radical (unpaired) electrons. The Balaban J connectivity index is 1.61. The van der Waals surface area contributed by atoms with E-state index < -0.39 is 0 Å². The molecule has 0 saturated heterocycles. The monoisotopic (exact) mass is 268 g/mol. The van der Waals surface area contributed by atoms with Gasteiger partial charge in [-0.1, -0.05) is 30.3 Å². The highest BCUT2D eigenvalue weighted by Gasteiger charge is 2.15. The van der Waals surface area contributed by atoms with E-state index in [9.17, 15) is 4.79 Å². The summed E-state index contributed by atoms with van der Waals surface area (Å²) in [6, 6.07) is 16.1. The molecule has 1 aliphatic rings. The third kappa shape index (κ3) is 2.91. The molecule has 20 heavy (non-hydrogen) atoms. The quantitative estimate of drug-likeness (QED) is 0.896. The van der Waals surface area contributed by atoms with Gasteiger partial charge in [0.1, 0.15) is 5.75 Å². The van der Waals surface area contributed by atoms with E-state index in [2.05, 4.69) is 22.8 Å². The van der Waals surface area contributed by atoms with E-state index in [0.29, 0.717) is 0 Å². The average Bonchev–Trinajstić information content (AvgIpc) is 2.48. The molecule has 4 nitrogen and oxygen atoms in total. The van der Waals surface area contributed by atoms with Crippen molar-refractivity contribution in [1.29, 1.82) is 0 Å². The van der Waals surface area contributed by atoms with E-state index >= 15 is 0 Å². The lowest BCUT2D eigenvalue weighted by Gasteiger charge is -2.18. The van der Waals surface area contributed by atoms with Gasteiger partial charge in [0.05, 0.1) is 5.69 Å². The first kappa shape index (κ1) is 12.5. The van der Waals surface area contributed by atoms with Crippen LogP contribution in [0, 0.1) is 0 Å². The molecule has 1 amide bonds. The van der Waals surface area contributed by atoms with Crippen molar-refractivity contribution in [2.24, 2.45) is 0 Å². The lowest BCUT2D eigenvalue weighted by Crippen LogP contribution is -2.25. The van der Waals surface area contributed by atoms with Crippen LogP contribution in [0.5, 0.6) is 5.75 Å². The topological polar surface area (TPSA) is 50.4 Å². The van der Waals surface area contributed by atoms with Gasteiger partial charge in [-0.05, 0) is 30.2 Å². The fourth-order valence-corrected chi connectivity index (χ4v) is 2.19. The van der Waals surface area contributed by atoms with E-state index in [1.165, 1.54) is 5.56 Å². The molecule has 4 heteroatoms. The fraction of sp³-hybridized carbons (Fsp3) is 0.188. The molecule has 2 aromatic carbocycles. The van der Waals surface area contributed by atoms with Gasteiger partial charge in [0.2, 0.25) is 0 Å². The van der Waals surface area contributed by atoms with Crippen LogP contribution in [0.25, 0.3) is 0 Å². The molecular formula is C16H16N2O2. The first-order chi connectivity index (χ1) is 9.81. The summed E-state index contributed by atoms with van der Waals surface area (Å²) in [7, 11) is 0. The number of ether oxygens (including phenoxy) is 1. The van der Waals surface area contributed by atoms with Gasteiger partial charge in [-0.25, -0.2) is 0 Å². The maximum atomic E-state index is 11.3. The molecule has 0 aromatic heterocycles. The maximum absolute atomic E-state index is 11.3. The van der Waals surface area contributed by atoms with Gasteiger partial charge < -0.3 is 15.4 Å². The number of hydrogen-bond acceptors (Lipinski definition) is 3. The lowest BCUT2D eigenvalue weighted by atomic mass is 10.1. The third-order valence-electron chi connectivity index (χ3n) is 3.20. The molecule has 1 aliphatic heterocycles. The third-order valence-corrected chi connectivity index (χ3v) is 3.20. The van der Waals surface area contributed by atoms with Crippen LogP contribution in [-0.2, 0) is 11.2 Å². The first-order valence-electron chi connectivity index (χ1n) is 6.66. The second kappa shape index (κ2) is 5.65. The number of fused-ring (bicyclic) bond motifs is 1. The van der Waals surface area contributed by atoms with E-state index in [0.717, 1.165) is 30.1 Å². The van der Waals surface area contributed by atoms with Crippen molar-refractivity contribution in [2.75, 3.05) is 23.8 Å². The Morgan fingerprint density at radius 3 is 2.85 bits per heavy atom. The zero-order valence-corrected chi connectivity index (χ0v) is 11.1. The molecular weight excluding hydrogens is 252 g/mol. The molecule has 2 N–H and O–H groups in total. The number of anilines is 2. The van der Waals surface area contributed by atoms with Crippen molar-refractivity contribution in [3.8, 4) is 5.75 Å². The van der Waals surface area contributed by atoms with Gasteiger partial charge in [0.15, 0.2) is 6.61 Å². The summed E-state index contributed by atoms with van der Waals surface area (Å²) in [6.45, 7) is 0.936. The minimum absolute atomic E-state index is 0.0911. The van der Waals surface area contributed by atoms with Crippen LogP contribution in [0.15, 0.2) is 48.5 Å². The minimum Gasteiger partial charge on any atom is -0.482 e. The van der Waals surface area contributed by atoms with Gasteiger partial charge in [-0.2, -0.15) is 0 Å². The number of rotatable bonds is 4. The second-order valence-corrected chi connectivity index (χ2v) is 4.71. The van der Waals surface area contributed by atoms with Gasteiger partial charge in [0.25, 0.3) is 5.91 Å². The predicted molar refractivity (Wildman–Crippen MR) is 79.2 cm³/mol. The highest BCUT2D eigenvalue weighted by atomic mass is 16.5. The Labute approximate surface area is 117 Å². The lowest BCUT2D eigenvalue weighted by molar-refractivity contribution is -0.118. The van der Waals surface area contributed by atoms with E-state index in [-0.39, 0.29) is 12.5 Å². The largest absolute Gasteiger partial charge is 0.482 e. The summed E-state index contributed by atoms with van der Waals surface area (Å²) in [5.74, 6) is 0.608. The highest BCUT2D eigenvalue weighted by Crippen LogP contribution is 2.30. The molecule has 0 unspecified atom stereocenters. The number of carbonyl (C=O) groups is 1. The van der Waals surface area contributed by atoms with Crippen molar-refractivity contribution in [1.82, 2.24) is 0 Å². The number of carbonyl (C=O) groups excluding carboxylic acids is 1. The predicted octanol–water partition coefficient (Wildman–Crippen LogP) is 2.67. The molecule has 0 atom stereocenters. The Morgan fingerprint density at radius 1 is 1.15 bits per heavy atom. The van der Waals surface area contributed by atoms with Crippen molar-refractivity contribution in [3.05, 3.63) is 54.1 Å². The van der Waals surface area contributed by atoms with Crippen molar-refractivity contribution < 1.29 is 9.53 Å². The van der Waals surface area contributed by atoms with Crippen molar-refractivity contribution in [3.63, 3.8) is 0 Å². The number of amides is 1. The second-order valence-electron chi connectivity index (χ2n) is 4.71. The van der Waals surface area contributed by atoms with Crippen LogP contribution >= 0.6 is 0 Å². The van der Waals surface area contributed by atoms with E-state index in [4.69, 9.17) is 4.74 Å². The van der Waals surface area contributed by atoms with Crippen molar-refractivity contribution in [2.45, 2.75) is 6.42 Å². The molecule has 2 aromatic rings. The van der Waals surface area contributed by atoms with Crippen LogP contribution in [-0.4, -0.2) is 19.1 Å². The molecule has 0 aliphatic carbocycles. The molecule has 0 fully saturated rings. The Kier molecular flexibility index (Phi) is 3.54. The van der Waals surface area contributed by atoms with Gasteiger partial charge in [0, 0.05) is 12.2 Å². The van der Waals surface area contributed by atoms with Gasteiger partial charge in [-0.3, -0.25) is 4.79 Å². The van der Waals surface area contributed by atoms with Crippen LogP contribution in [0.2, 0.25) is 0 Å². The van der Waals surface area contributed by atoms with Crippen LogP contribution in [0.4, 0.5) is 11.4 Å². The summed E-state index contributed by atoms with van der Waals surface area (Å²) in [5.41, 5.74) is 3.01. The van der Waals surface area contributed by atoms with Gasteiger partial charge in [-0.15, -0.1) is 0 Å². The smallest absolute Gasteiger partial charge is 0.262 e. The zero-order valence-electron chi connectivity index (χ0n) is 11.1. The van der Waals surface area contributed by atoms with Gasteiger partial charge >= 0.3 is 0 Å². The van der Waals surface area contributed by atoms with Crippen LogP contribution in [0.1, 0.15) is 5.56 Å². The molecule has 102 valence electrons. The molecule has 0 saturated carbocycles. The minimum atomic E-state index is -0.112. The summed E-state index contributed by atoms with van der Waals surface area (Å²) >= 11 is 0. The standard InChI is InChI=1S/C16H16N2O2/c19-16-11-20-15-7-6-13(10-14(15)18-16)17-9-8-12-4-2-1-3-5-12/h1-7,10,17H,8-9,11H2,(H,18,19). The summed E-state index contributed by atoms with van der Waals surface area (Å²) in [5, 5.41) is 6.16. The Bertz CT molecular complexity index is 611. The van der Waals surface area contributed by atoms with Crippen LogP contribution < -0.4 is 15.4 Å². The summed E-state index contributed by atoms with van der Waals surface area (Å²) in [6.07, 6.45) is 0.959. The van der Waals surface area contributed by atoms with E-state index in [1.807, 2.05) is 36.4 Å². The Morgan fingerprint density at radius 2 is 2.00 bits per heavy atom. The first-order valence-corrected chi connectivity index (χ1v) is 6.66. The number of hydrogen-bond donors (Lipinski definition) is 2. The average molecular weight is 268 g/mol. The fourth-order valence-electron chi connectivity index (χ4n) is 2.19. The number of benzene rings is 2. The summed E-state index contributed by atoms with van der Waals surface area (Å²) in [4.78, 5) is 11.3. The van der Waals surface area contributed by atoms with Crippen LogP contribution in [0.3, 0.4) is 0 Å². The molecule has 0 bridgehead atoms. The summed E-state index contributed by atoms with van der Waals surface area (Å²) < 4.78 is 5.32. The van der Waals surface area contributed by atoms with Crippen molar-refractivity contribution >= 4 is 17.3 Å². The number of nitrogens with one attached hydrogen (secondary N) is 2. The molecule has 1 heterocycles.